The van der Waals surface area contributed by atoms with Gasteiger partial charge < -0.3 is 10.2 Å². The van der Waals surface area contributed by atoms with Gasteiger partial charge in [-0.15, -0.1) is 0 Å². The average molecular weight is 626 g/mol. The number of para-hydroxylation sites is 1. The van der Waals surface area contributed by atoms with Crippen LogP contribution in [0, 0.1) is 13.8 Å². The van der Waals surface area contributed by atoms with Crippen LogP contribution < -0.4 is 9.62 Å². The number of hydrogen-bond donors (Lipinski definition) is 1. The first kappa shape index (κ1) is 33.5. The summed E-state index contributed by atoms with van der Waals surface area (Å²) >= 11 is 0. The molecular weight excluding hydrogens is 582 g/mol. The maximum absolute atomic E-state index is 14.6. The van der Waals surface area contributed by atoms with E-state index in [1.165, 1.54) is 9.21 Å². The van der Waals surface area contributed by atoms with Crippen LogP contribution in [0.4, 0.5) is 5.69 Å². The van der Waals surface area contributed by atoms with Crippen LogP contribution in [0.5, 0.6) is 0 Å². The Balaban J connectivity index is 1.83. The Bertz CT molecular complexity index is 1700. The minimum absolute atomic E-state index is 0.0930. The molecule has 0 fully saturated rings. The first-order valence-electron chi connectivity index (χ1n) is 15.4. The number of benzene rings is 4. The second kappa shape index (κ2) is 15.0. The molecule has 45 heavy (non-hydrogen) atoms. The van der Waals surface area contributed by atoms with Crippen LogP contribution in [-0.4, -0.2) is 43.8 Å². The number of nitrogens with one attached hydrogen (secondary N) is 1. The molecule has 0 aliphatic carbocycles. The number of anilines is 1. The van der Waals surface area contributed by atoms with Crippen LogP contribution in [0.3, 0.4) is 0 Å². The van der Waals surface area contributed by atoms with Crippen molar-refractivity contribution in [2.24, 2.45) is 0 Å². The second-order valence-corrected chi connectivity index (χ2v) is 13.5. The Morgan fingerprint density at radius 3 is 2.07 bits per heavy atom. The van der Waals surface area contributed by atoms with E-state index in [9.17, 15) is 18.0 Å². The number of carbonyl (C=O) groups is 2. The summed E-state index contributed by atoms with van der Waals surface area (Å²) in [7, 11) is -4.15. The Kier molecular flexibility index (Phi) is 11.2. The van der Waals surface area contributed by atoms with Crippen molar-refractivity contribution < 1.29 is 18.0 Å². The minimum Gasteiger partial charge on any atom is -0.352 e. The highest BCUT2D eigenvalue weighted by Gasteiger charge is 2.35. The summed E-state index contributed by atoms with van der Waals surface area (Å²) in [5.41, 5.74) is 4.92. The zero-order valence-corrected chi connectivity index (χ0v) is 27.6. The van der Waals surface area contributed by atoms with E-state index in [2.05, 4.69) is 5.32 Å². The molecule has 0 spiro atoms. The zero-order valence-electron chi connectivity index (χ0n) is 26.7. The van der Waals surface area contributed by atoms with Crippen LogP contribution >= 0.6 is 0 Å². The summed E-state index contributed by atoms with van der Waals surface area (Å²) in [4.78, 5) is 30.1. The maximum Gasteiger partial charge on any atom is 0.264 e. The molecule has 0 radical (unpaired) electrons. The van der Waals surface area contributed by atoms with Gasteiger partial charge in [-0.05, 0) is 69.0 Å². The predicted molar refractivity (Wildman–Crippen MR) is 180 cm³/mol. The molecule has 1 atom stereocenters. The van der Waals surface area contributed by atoms with Crippen molar-refractivity contribution in [1.29, 1.82) is 0 Å². The highest BCUT2D eigenvalue weighted by atomic mass is 32.2. The molecule has 0 aliphatic rings. The van der Waals surface area contributed by atoms with Gasteiger partial charge in [0, 0.05) is 19.0 Å². The number of carbonyl (C=O) groups excluding carboxylic acids is 2. The molecule has 1 N–H and O–H groups in total. The molecule has 4 aromatic carbocycles. The highest BCUT2D eigenvalue weighted by molar-refractivity contribution is 7.92. The normalized spacial score (nSPS) is 12.0. The predicted octanol–water partition coefficient (Wildman–Crippen LogP) is 6.23. The third-order valence-corrected chi connectivity index (χ3v) is 9.44. The molecule has 2 amide bonds. The van der Waals surface area contributed by atoms with Crippen molar-refractivity contribution >= 4 is 27.5 Å². The number of aryl methyl sites for hydroxylation is 3. The van der Waals surface area contributed by atoms with Crippen molar-refractivity contribution in [1.82, 2.24) is 10.2 Å². The molecule has 0 aliphatic heterocycles. The van der Waals surface area contributed by atoms with E-state index in [0.29, 0.717) is 12.1 Å². The molecular formula is C37H43N3O4S. The second-order valence-electron chi connectivity index (χ2n) is 11.7. The largest absolute Gasteiger partial charge is 0.352 e. The molecule has 4 rings (SSSR count). The minimum atomic E-state index is -4.15. The summed E-state index contributed by atoms with van der Waals surface area (Å²) in [6, 6.07) is 30.2. The molecule has 236 valence electrons. The van der Waals surface area contributed by atoms with Gasteiger partial charge in [0.05, 0.1) is 10.6 Å². The Hall–Kier alpha value is -4.43. The monoisotopic (exact) mass is 625 g/mol. The first-order valence-corrected chi connectivity index (χ1v) is 16.8. The van der Waals surface area contributed by atoms with Crippen LogP contribution in [0.25, 0.3) is 0 Å². The van der Waals surface area contributed by atoms with Gasteiger partial charge in [0.2, 0.25) is 11.8 Å². The lowest BCUT2D eigenvalue weighted by Gasteiger charge is -2.34. The third-order valence-electron chi connectivity index (χ3n) is 7.67. The van der Waals surface area contributed by atoms with Gasteiger partial charge >= 0.3 is 0 Å². The standard InChI is InChI=1S/C37H43N3O4S/c1-6-32-17-10-11-18-34(32)40(45(43,44)33-21-19-28(4)20-22-33)26-36(41)39(25-31-16-12-13-29(5)23-31)35(37(42)38-27(2)3)24-30-14-8-7-9-15-30/h7-23,27,35H,6,24-26H2,1-5H3,(H,38,42). The van der Waals surface area contributed by atoms with Crippen LogP contribution in [0.15, 0.2) is 108 Å². The molecule has 1 unspecified atom stereocenters. The maximum atomic E-state index is 14.6. The Morgan fingerprint density at radius 1 is 0.778 bits per heavy atom. The first-order chi connectivity index (χ1) is 21.5. The highest BCUT2D eigenvalue weighted by Crippen LogP contribution is 2.29. The number of hydrogen-bond acceptors (Lipinski definition) is 4. The number of nitrogens with zero attached hydrogens (tertiary/aromatic N) is 2. The smallest absolute Gasteiger partial charge is 0.264 e. The molecule has 0 saturated heterocycles. The molecule has 7 nitrogen and oxygen atoms in total. The quantitative estimate of drug-likeness (QED) is 0.191. The lowest BCUT2D eigenvalue weighted by Crippen LogP contribution is -2.54. The van der Waals surface area contributed by atoms with E-state index in [4.69, 9.17) is 0 Å². The van der Waals surface area contributed by atoms with E-state index >= 15 is 0 Å². The van der Waals surface area contributed by atoms with Gasteiger partial charge in [-0.2, -0.15) is 0 Å². The summed E-state index contributed by atoms with van der Waals surface area (Å²) in [5, 5.41) is 3.00. The zero-order chi connectivity index (χ0) is 32.6. The van der Waals surface area contributed by atoms with Gasteiger partial charge in [-0.1, -0.05) is 103 Å². The molecule has 0 saturated carbocycles. The molecule has 8 heteroatoms. The van der Waals surface area contributed by atoms with E-state index < -0.39 is 28.5 Å². The third kappa shape index (κ3) is 8.60. The number of rotatable bonds is 13. The summed E-state index contributed by atoms with van der Waals surface area (Å²) < 4.78 is 29.8. The van der Waals surface area contributed by atoms with Crippen LogP contribution in [-0.2, 0) is 39.0 Å². The van der Waals surface area contributed by atoms with Gasteiger partial charge in [0.1, 0.15) is 12.6 Å². The lowest BCUT2D eigenvalue weighted by atomic mass is 10.0. The molecule has 0 heterocycles. The fraction of sp³-hybridized carbons (Fsp3) is 0.297. The van der Waals surface area contributed by atoms with Crippen LogP contribution in [0.1, 0.15) is 48.6 Å². The van der Waals surface area contributed by atoms with Crippen molar-refractivity contribution in [3.05, 3.63) is 131 Å². The van der Waals surface area contributed by atoms with Gasteiger partial charge in [-0.3, -0.25) is 13.9 Å². The van der Waals surface area contributed by atoms with Gasteiger partial charge in [0.15, 0.2) is 0 Å². The molecule has 4 aromatic rings. The Labute approximate surface area is 268 Å². The van der Waals surface area contributed by atoms with Crippen molar-refractivity contribution in [2.75, 3.05) is 10.8 Å². The fourth-order valence-corrected chi connectivity index (χ4v) is 6.80. The number of sulfonamides is 1. The summed E-state index contributed by atoms with van der Waals surface area (Å²) in [6.45, 7) is 9.23. The Morgan fingerprint density at radius 2 is 1.42 bits per heavy atom. The SMILES string of the molecule is CCc1ccccc1N(CC(=O)N(Cc1cccc(C)c1)C(Cc1ccccc1)C(=O)NC(C)C)S(=O)(=O)c1ccc(C)cc1. The molecule has 0 aromatic heterocycles. The lowest BCUT2D eigenvalue weighted by molar-refractivity contribution is -0.140. The van der Waals surface area contributed by atoms with Gasteiger partial charge in [0.25, 0.3) is 10.0 Å². The van der Waals surface area contributed by atoms with Crippen molar-refractivity contribution in [3.8, 4) is 0 Å². The summed E-state index contributed by atoms with van der Waals surface area (Å²) in [5.74, 6) is -0.769. The van der Waals surface area contributed by atoms with Crippen LogP contribution in [0.2, 0.25) is 0 Å². The van der Waals surface area contributed by atoms with Crippen molar-refractivity contribution in [2.45, 2.75) is 71.0 Å². The van der Waals surface area contributed by atoms with Crippen molar-refractivity contribution in [3.63, 3.8) is 0 Å². The summed E-state index contributed by atoms with van der Waals surface area (Å²) in [6.07, 6.45) is 0.845. The van der Waals surface area contributed by atoms with E-state index in [1.807, 2.05) is 101 Å². The topological polar surface area (TPSA) is 86.8 Å². The van der Waals surface area contributed by atoms with Gasteiger partial charge in [-0.25, -0.2) is 8.42 Å². The fourth-order valence-electron chi connectivity index (χ4n) is 5.35. The number of amides is 2. The molecule has 0 bridgehead atoms. The average Bonchev–Trinajstić information content (AvgIpc) is 3.01. The van der Waals surface area contributed by atoms with E-state index in [0.717, 1.165) is 27.8 Å². The van der Waals surface area contributed by atoms with E-state index in [-0.39, 0.29) is 29.8 Å². The van der Waals surface area contributed by atoms with E-state index in [1.54, 1.807) is 36.4 Å².